The van der Waals surface area contributed by atoms with Gasteiger partial charge in [0.1, 0.15) is 15.5 Å². The van der Waals surface area contributed by atoms with Crippen LogP contribution in [0.25, 0.3) is 0 Å². The molecule has 1 amide bonds. The highest BCUT2D eigenvalue weighted by Gasteiger charge is 2.20. The number of hydrogen-bond donors (Lipinski definition) is 1. The number of amides is 1. The van der Waals surface area contributed by atoms with Crippen molar-refractivity contribution in [3.05, 3.63) is 26.9 Å². The Labute approximate surface area is 136 Å². The molecule has 0 spiro atoms. The number of esters is 1. The molecule has 0 unspecified atom stereocenters. The number of nitrogens with one attached hydrogen (secondary N) is 1. The van der Waals surface area contributed by atoms with Gasteiger partial charge in [0.05, 0.1) is 18.9 Å². The van der Waals surface area contributed by atoms with Crippen LogP contribution < -0.4 is 10.1 Å². The standard InChI is InChI=1S/C14H16N2O4S2/c1-7(2)20-13(18)10-8(3)15-14(22-10)16-12(17)11-9(19-4)5-6-21-11/h5-7H,1-4H3,(H,15,16,17). The summed E-state index contributed by atoms with van der Waals surface area (Å²) in [4.78, 5) is 29.2. The normalized spacial score (nSPS) is 10.6. The van der Waals surface area contributed by atoms with Gasteiger partial charge in [0.25, 0.3) is 5.91 Å². The summed E-state index contributed by atoms with van der Waals surface area (Å²) >= 11 is 2.37. The molecule has 2 rings (SSSR count). The van der Waals surface area contributed by atoms with Crippen LogP contribution in [0.15, 0.2) is 11.4 Å². The van der Waals surface area contributed by atoms with E-state index in [-0.39, 0.29) is 12.0 Å². The molecule has 0 bridgehead atoms. The molecule has 0 saturated carbocycles. The van der Waals surface area contributed by atoms with Crippen molar-refractivity contribution < 1.29 is 19.1 Å². The smallest absolute Gasteiger partial charge is 0.350 e. The highest BCUT2D eigenvalue weighted by atomic mass is 32.1. The fourth-order valence-corrected chi connectivity index (χ4v) is 3.28. The number of methoxy groups -OCH3 is 1. The number of carbonyl (C=O) groups excluding carboxylic acids is 2. The van der Waals surface area contributed by atoms with Gasteiger partial charge in [-0.3, -0.25) is 10.1 Å². The van der Waals surface area contributed by atoms with Crippen molar-refractivity contribution in [1.29, 1.82) is 0 Å². The molecule has 0 aliphatic rings. The fraction of sp³-hybridized carbons (Fsp3) is 0.357. The maximum absolute atomic E-state index is 12.2. The summed E-state index contributed by atoms with van der Waals surface area (Å²) in [7, 11) is 1.51. The number of thiazole rings is 1. The molecule has 2 aromatic heterocycles. The van der Waals surface area contributed by atoms with Crippen molar-refractivity contribution >= 4 is 39.7 Å². The number of thiophene rings is 1. The van der Waals surface area contributed by atoms with Crippen molar-refractivity contribution in [2.75, 3.05) is 12.4 Å². The molecule has 0 fully saturated rings. The van der Waals surface area contributed by atoms with Gasteiger partial charge in [-0.05, 0) is 32.2 Å². The van der Waals surface area contributed by atoms with E-state index in [2.05, 4.69) is 10.3 Å². The molecular formula is C14H16N2O4S2. The Morgan fingerprint density at radius 2 is 2.05 bits per heavy atom. The molecule has 0 aliphatic carbocycles. The van der Waals surface area contributed by atoms with Gasteiger partial charge in [0.15, 0.2) is 5.13 Å². The van der Waals surface area contributed by atoms with Gasteiger partial charge in [-0.15, -0.1) is 11.3 Å². The van der Waals surface area contributed by atoms with E-state index < -0.39 is 5.97 Å². The zero-order valence-electron chi connectivity index (χ0n) is 12.6. The Morgan fingerprint density at radius 1 is 1.32 bits per heavy atom. The number of aromatic nitrogens is 1. The summed E-state index contributed by atoms with van der Waals surface area (Å²) in [6.45, 7) is 5.26. The first-order chi connectivity index (χ1) is 10.4. The van der Waals surface area contributed by atoms with Crippen LogP contribution in [0, 0.1) is 6.92 Å². The lowest BCUT2D eigenvalue weighted by molar-refractivity contribution is 0.0382. The van der Waals surface area contributed by atoms with E-state index in [1.54, 1.807) is 32.2 Å². The Bertz CT molecular complexity index is 691. The molecule has 6 nitrogen and oxygen atoms in total. The molecule has 2 heterocycles. The maximum Gasteiger partial charge on any atom is 0.350 e. The first-order valence-electron chi connectivity index (χ1n) is 6.53. The molecule has 0 radical (unpaired) electrons. The van der Waals surface area contributed by atoms with E-state index in [0.717, 1.165) is 11.3 Å². The van der Waals surface area contributed by atoms with Crippen molar-refractivity contribution in [3.63, 3.8) is 0 Å². The summed E-state index contributed by atoms with van der Waals surface area (Å²) in [6, 6.07) is 1.72. The third kappa shape index (κ3) is 3.63. The highest BCUT2D eigenvalue weighted by Crippen LogP contribution is 2.28. The first-order valence-corrected chi connectivity index (χ1v) is 8.23. The zero-order chi connectivity index (χ0) is 16.3. The summed E-state index contributed by atoms with van der Waals surface area (Å²) in [6.07, 6.45) is -0.206. The van der Waals surface area contributed by atoms with Crippen LogP contribution in [-0.2, 0) is 4.74 Å². The lowest BCUT2D eigenvalue weighted by Crippen LogP contribution is -2.11. The van der Waals surface area contributed by atoms with Gasteiger partial charge in [-0.2, -0.15) is 0 Å². The minimum atomic E-state index is -0.431. The number of hydrogen-bond acceptors (Lipinski definition) is 7. The van der Waals surface area contributed by atoms with Crippen molar-refractivity contribution in [2.45, 2.75) is 26.9 Å². The van der Waals surface area contributed by atoms with Crippen LogP contribution in [0.2, 0.25) is 0 Å². The zero-order valence-corrected chi connectivity index (χ0v) is 14.3. The number of anilines is 1. The van der Waals surface area contributed by atoms with E-state index >= 15 is 0 Å². The first kappa shape index (κ1) is 16.4. The quantitative estimate of drug-likeness (QED) is 0.845. The molecule has 2 aromatic rings. The second kappa shape index (κ2) is 6.89. The molecule has 22 heavy (non-hydrogen) atoms. The molecule has 0 aromatic carbocycles. The lowest BCUT2D eigenvalue weighted by Gasteiger charge is -2.05. The van der Waals surface area contributed by atoms with Crippen LogP contribution in [0.4, 0.5) is 5.13 Å². The van der Waals surface area contributed by atoms with E-state index in [1.165, 1.54) is 18.4 Å². The average molecular weight is 340 g/mol. The van der Waals surface area contributed by atoms with E-state index in [0.29, 0.717) is 26.3 Å². The Hall–Kier alpha value is -1.93. The third-order valence-electron chi connectivity index (χ3n) is 2.60. The number of rotatable bonds is 5. The average Bonchev–Trinajstić information content (AvgIpc) is 3.04. The Balaban J connectivity index is 2.14. The number of nitrogens with zero attached hydrogens (tertiary/aromatic N) is 1. The number of ether oxygens (including phenoxy) is 2. The van der Waals surface area contributed by atoms with Gasteiger partial charge in [0.2, 0.25) is 0 Å². The Kier molecular flexibility index (Phi) is 5.15. The molecule has 0 saturated heterocycles. The monoisotopic (exact) mass is 340 g/mol. The van der Waals surface area contributed by atoms with E-state index in [4.69, 9.17) is 9.47 Å². The van der Waals surface area contributed by atoms with Crippen molar-refractivity contribution in [2.24, 2.45) is 0 Å². The lowest BCUT2D eigenvalue weighted by atomic mass is 10.4. The third-order valence-corrected chi connectivity index (χ3v) is 4.55. The highest BCUT2D eigenvalue weighted by molar-refractivity contribution is 7.18. The summed E-state index contributed by atoms with van der Waals surface area (Å²) in [5.74, 6) is -0.237. The minimum Gasteiger partial charge on any atom is -0.495 e. The van der Waals surface area contributed by atoms with Crippen LogP contribution in [0.5, 0.6) is 5.75 Å². The molecular weight excluding hydrogens is 324 g/mol. The molecule has 8 heteroatoms. The van der Waals surface area contributed by atoms with Gasteiger partial charge in [0, 0.05) is 0 Å². The Morgan fingerprint density at radius 3 is 2.68 bits per heavy atom. The SMILES string of the molecule is COc1ccsc1C(=O)Nc1nc(C)c(C(=O)OC(C)C)s1. The van der Waals surface area contributed by atoms with E-state index in [9.17, 15) is 9.59 Å². The number of carbonyl (C=O) groups is 2. The molecule has 118 valence electrons. The summed E-state index contributed by atoms with van der Waals surface area (Å²) in [5.41, 5.74) is 0.532. The van der Waals surface area contributed by atoms with Crippen LogP contribution >= 0.6 is 22.7 Å². The van der Waals surface area contributed by atoms with Gasteiger partial charge in [-0.25, -0.2) is 9.78 Å². The second-order valence-corrected chi connectivity index (χ2v) is 6.58. The number of aryl methyl sites for hydroxylation is 1. The minimum absolute atomic E-state index is 0.206. The summed E-state index contributed by atoms with van der Waals surface area (Å²) in [5, 5.41) is 4.80. The predicted octanol–water partition coefficient (Wildman–Crippen LogP) is 3.34. The van der Waals surface area contributed by atoms with Crippen LogP contribution in [0.3, 0.4) is 0 Å². The summed E-state index contributed by atoms with van der Waals surface area (Å²) < 4.78 is 10.3. The van der Waals surface area contributed by atoms with Crippen molar-refractivity contribution in [1.82, 2.24) is 4.98 Å². The molecule has 1 N–H and O–H groups in total. The van der Waals surface area contributed by atoms with Crippen molar-refractivity contribution in [3.8, 4) is 5.75 Å². The molecule has 0 aliphatic heterocycles. The van der Waals surface area contributed by atoms with Gasteiger partial charge < -0.3 is 9.47 Å². The van der Waals surface area contributed by atoms with Gasteiger partial charge in [-0.1, -0.05) is 11.3 Å². The predicted molar refractivity (Wildman–Crippen MR) is 86.2 cm³/mol. The maximum atomic E-state index is 12.2. The van der Waals surface area contributed by atoms with E-state index in [1.807, 2.05) is 0 Å². The largest absolute Gasteiger partial charge is 0.495 e. The van der Waals surface area contributed by atoms with Crippen LogP contribution in [0.1, 0.15) is 38.9 Å². The fourth-order valence-electron chi connectivity index (χ4n) is 1.68. The second-order valence-electron chi connectivity index (χ2n) is 4.66. The van der Waals surface area contributed by atoms with Gasteiger partial charge >= 0.3 is 5.97 Å². The van der Waals surface area contributed by atoms with Crippen LogP contribution in [-0.4, -0.2) is 30.1 Å². The topological polar surface area (TPSA) is 77.5 Å². The molecule has 0 atom stereocenters.